The van der Waals surface area contributed by atoms with E-state index in [-0.39, 0.29) is 12.6 Å². The minimum atomic E-state index is -0.235. The zero-order valence-corrected chi connectivity index (χ0v) is 9.26. The first-order valence-corrected chi connectivity index (χ1v) is 5.08. The highest BCUT2D eigenvalue weighted by molar-refractivity contribution is 5.75. The third-order valence-corrected chi connectivity index (χ3v) is 2.06. The van der Waals surface area contributed by atoms with Crippen molar-refractivity contribution in [2.24, 2.45) is 0 Å². The fraction of sp³-hybridized carbons (Fsp3) is 0.250. The molecule has 4 heteroatoms. The van der Waals surface area contributed by atoms with Gasteiger partial charge in [0, 0.05) is 19.8 Å². The number of carbonyl (C=O) groups is 1. The third-order valence-electron chi connectivity index (χ3n) is 2.06. The molecular formula is C12H16N2O2. The maximum atomic E-state index is 11.4. The number of aliphatic hydroxyl groups is 1. The van der Waals surface area contributed by atoms with Crippen molar-refractivity contribution < 1.29 is 9.90 Å². The van der Waals surface area contributed by atoms with Crippen molar-refractivity contribution in [3.63, 3.8) is 0 Å². The lowest BCUT2D eigenvalue weighted by Gasteiger charge is -2.14. The van der Waals surface area contributed by atoms with Gasteiger partial charge in [0.15, 0.2) is 0 Å². The topological polar surface area (TPSA) is 52.6 Å². The Hall–Kier alpha value is -1.81. The van der Waals surface area contributed by atoms with Crippen LogP contribution in [-0.2, 0) is 0 Å². The number of nitrogens with zero attached hydrogens (tertiary/aromatic N) is 1. The molecule has 0 aromatic heterocycles. The summed E-state index contributed by atoms with van der Waals surface area (Å²) in [7, 11) is 1.63. The minimum Gasteiger partial charge on any atom is -0.395 e. The molecule has 0 atom stereocenters. The number of hydrogen-bond donors (Lipinski definition) is 2. The highest BCUT2D eigenvalue weighted by atomic mass is 16.3. The van der Waals surface area contributed by atoms with E-state index in [0.29, 0.717) is 6.54 Å². The molecule has 0 fully saturated rings. The Bertz CT molecular complexity index is 349. The zero-order chi connectivity index (χ0) is 11.8. The summed E-state index contributed by atoms with van der Waals surface area (Å²) in [6.45, 7) is 0.289. The molecule has 0 radical (unpaired) electrons. The molecule has 1 rings (SSSR count). The monoisotopic (exact) mass is 220 g/mol. The summed E-state index contributed by atoms with van der Waals surface area (Å²) < 4.78 is 0. The molecule has 4 nitrogen and oxygen atoms in total. The highest BCUT2D eigenvalue weighted by Crippen LogP contribution is 1.99. The first kappa shape index (κ1) is 12.3. The normalized spacial score (nSPS) is 10.4. The largest absolute Gasteiger partial charge is 0.395 e. The van der Waals surface area contributed by atoms with Gasteiger partial charge >= 0.3 is 6.03 Å². The predicted octanol–water partition coefficient (Wildman–Crippen LogP) is 1.29. The maximum Gasteiger partial charge on any atom is 0.321 e. The molecular weight excluding hydrogens is 204 g/mol. The van der Waals surface area contributed by atoms with E-state index in [1.807, 2.05) is 36.4 Å². The molecule has 1 aromatic rings. The number of nitrogens with one attached hydrogen (secondary N) is 1. The first-order chi connectivity index (χ1) is 7.74. The predicted molar refractivity (Wildman–Crippen MR) is 63.7 cm³/mol. The van der Waals surface area contributed by atoms with E-state index >= 15 is 0 Å². The van der Waals surface area contributed by atoms with Crippen LogP contribution in [0.4, 0.5) is 4.79 Å². The summed E-state index contributed by atoms with van der Waals surface area (Å²) in [5, 5.41) is 11.3. The molecule has 0 unspecified atom stereocenters. The van der Waals surface area contributed by atoms with Crippen LogP contribution in [-0.4, -0.2) is 36.2 Å². The van der Waals surface area contributed by atoms with Gasteiger partial charge in [0.05, 0.1) is 6.61 Å². The molecule has 2 N–H and O–H groups in total. The van der Waals surface area contributed by atoms with Crippen molar-refractivity contribution in [3.05, 3.63) is 42.1 Å². The lowest BCUT2D eigenvalue weighted by Crippen LogP contribution is -2.36. The van der Waals surface area contributed by atoms with E-state index in [4.69, 9.17) is 5.11 Å². The summed E-state index contributed by atoms with van der Waals surface area (Å²) in [6.07, 6.45) is 3.40. The van der Waals surface area contributed by atoms with E-state index in [9.17, 15) is 4.79 Å². The molecule has 0 aliphatic rings. The van der Waals surface area contributed by atoms with Gasteiger partial charge in [-0.25, -0.2) is 4.79 Å². The van der Waals surface area contributed by atoms with Crippen LogP contribution >= 0.6 is 0 Å². The second-order valence-corrected chi connectivity index (χ2v) is 3.34. The molecule has 0 bridgehead atoms. The van der Waals surface area contributed by atoms with Gasteiger partial charge < -0.3 is 15.3 Å². The van der Waals surface area contributed by atoms with E-state index in [2.05, 4.69) is 5.32 Å². The second-order valence-electron chi connectivity index (χ2n) is 3.34. The number of amides is 2. The summed E-state index contributed by atoms with van der Waals surface area (Å²) in [6, 6.07) is 9.45. The second kappa shape index (κ2) is 6.63. The zero-order valence-electron chi connectivity index (χ0n) is 9.26. The Morgan fingerprint density at radius 1 is 1.44 bits per heavy atom. The number of carbonyl (C=O) groups excluding carboxylic acids is 1. The van der Waals surface area contributed by atoms with Gasteiger partial charge in [0.2, 0.25) is 0 Å². The van der Waals surface area contributed by atoms with Crippen molar-refractivity contribution in [1.82, 2.24) is 10.2 Å². The summed E-state index contributed by atoms with van der Waals surface area (Å²) in [5.41, 5.74) is 1.02. The molecule has 0 aliphatic carbocycles. The number of hydrogen-bond acceptors (Lipinski definition) is 2. The maximum absolute atomic E-state index is 11.4. The van der Waals surface area contributed by atoms with E-state index in [1.54, 1.807) is 13.2 Å². The van der Waals surface area contributed by atoms with Gasteiger partial charge in [0.1, 0.15) is 0 Å². The molecule has 1 aromatic carbocycles. The number of aliphatic hydroxyl groups excluding tert-OH is 1. The van der Waals surface area contributed by atoms with Gasteiger partial charge in [-0.05, 0) is 11.6 Å². The molecule has 2 amide bonds. The van der Waals surface area contributed by atoms with Crippen LogP contribution in [0.15, 0.2) is 36.5 Å². The van der Waals surface area contributed by atoms with Gasteiger partial charge in [-0.1, -0.05) is 30.3 Å². The number of likely N-dealkylation sites (N-methyl/N-ethyl adjacent to an activating group) is 1. The van der Waals surface area contributed by atoms with Gasteiger partial charge in [-0.3, -0.25) is 0 Å². The fourth-order valence-electron chi connectivity index (χ4n) is 1.14. The molecule has 0 saturated heterocycles. The fourth-order valence-corrected chi connectivity index (χ4v) is 1.14. The van der Waals surface area contributed by atoms with Gasteiger partial charge in [-0.2, -0.15) is 0 Å². The highest BCUT2D eigenvalue weighted by Gasteiger charge is 2.03. The van der Waals surface area contributed by atoms with Crippen molar-refractivity contribution in [2.45, 2.75) is 0 Å². The van der Waals surface area contributed by atoms with Crippen LogP contribution in [0.25, 0.3) is 6.08 Å². The van der Waals surface area contributed by atoms with Gasteiger partial charge in [0.25, 0.3) is 0 Å². The first-order valence-electron chi connectivity index (χ1n) is 5.08. The molecule has 0 heterocycles. The number of rotatable bonds is 4. The van der Waals surface area contributed by atoms with Crippen LogP contribution in [0.5, 0.6) is 0 Å². The van der Waals surface area contributed by atoms with Crippen molar-refractivity contribution in [2.75, 3.05) is 20.2 Å². The van der Waals surface area contributed by atoms with Crippen molar-refractivity contribution in [3.8, 4) is 0 Å². The summed E-state index contributed by atoms with van der Waals surface area (Å²) in [4.78, 5) is 12.8. The Kier molecular flexibility index (Phi) is 5.08. The molecule has 0 aliphatic heterocycles. The quantitative estimate of drug-likeness (QED) is 0.803. The van der Waals surface area contributed by atoms with Crippen molar-refractivity contribution >= 4 is 12.1 Å². The lowest BCUT2D eigenvalue weighted by atomic mass is 10.2. The summed E-state index contributed by atoms with van der Waals surface area (Å²) >= 11 is 0. The Balaban J connectivity index is 2.40. The van der Waals surface area contributed by atoms with Crippen LogP contribution in [0.3, 0.4) is 0 Å². The van der Waals surface area contributed by atoms with E-state index in [1.165, 1.54) is 4.90 Å². The van der Waals surface area contributed by atoms with Crippen LogP contribution in [0, 0.1) is 0 Å². The average molecular weight is 220 g/mol. The molecule has 16 heavy (non-hydrogen) atoms. The van der Waals surface area contributed by atoms with E-state index in [0.717, 1.165) is 5.56 Å². The number of benzene rings is 1. The van der Waals surface area contributed by atoms with Crippen LogP contribution in [0.2, 0.25) is 0 Å². The Morgan fingerprint density at radius 2 is 2.12 bits per heavy atom. The molecule has 86 valence electrons. The molecule has 0 spiro atoms. The Morgan fingerprint density at radius 3 is 2.75 bits per heavy atom. The lowest BCUT2D eigenvalue weighted by molar-refractivity contribution is 0.194. The Labute approximate surface area is 95.2 Å². The average Bonchev–Trinajstić information content (AvgIpc) is 2.30. The van der Waals surface area contributed by atoms with Gasteiger partial charge in [-0.15, -0.1) is 0 Å². The summed E-state index contributed by atoms with van der Waals surface area (Å²) in [5.74, 6) is 0. The minimum absolute atomic E-state index is 0.0354. The third kappa shape index (κ3) is 4.14. The smallest absolute Gasteiger partial charge is 0.321 e. The van der Waals surface area contributed by atoms with Crippen molar-refractivity contribution in [1.29, 1.82) is 0 Å². The SMILES string of the molecule is CN(CCO)C(=O)N/C=C/c1ccccc1. The molecule has 0 saturated carbocycles. The van der Waals surface area contributed by atoms with Crippen LogP contribution in [0.1, 0.15) is 5.56 Å². The standard InChI is InChI=1S/C12H16N2O2/c1-14(9-10-15)12(16)13-8-7-11-5-3-2-4-6-11/h2-8,15H,9-10H2,1H3,(H,13,16)/b8-7+. The van der Waals surface area contributed by atoms with Crippen LogP contribution < -0.4 is 5.32 Å². The van der Waals surface area contributed by atoms with E-state index < -0.39 is 0 Å². The number of urea groups is 1.